The number of ether oxygens (including phenoxy) is 1. The maximum absolute atomic E-state index is 12.2. The highest BCUT2D eigenvalue weighted by atomic mass is 16.6. The van der Waals surface area contributed by atoms with Crippen molar-refractivity contribution in [3.8, 4) is 0 Å². The van der Waals surface area contributed by atoms with Gasteiger partial charge in [-0.15, -0.1) is 0 Å². The van der Waals surface area contributed by atoms with Gasteiger partial charge < -0.3 is 9.64 Å². The molecular formula is C21H29N3O2. The van der Waals surface area contributed by atoms with Crippen LogP contribution in [0.25, 0.3) is 4.85 Å². The minimum Gasteiger partial charge on any atom is -0.462 e. The van der Waals surface area contributed by atoms with Crippen molar-refractivity contribution in [1.82, 2.24) is 4.90 Å². The van der Waals surface area contributed by atoms with Gasteiger partial charge in [0.25, 0.3) is 0 Å². The van der Waals surface area contributed by atoms with Gasteiger partial charge in [0.15, 0.2) is 0 Å². The molecule has 26 heavy (non-hydrogen) atoms. The zero-order chi connectivity index (χ0) is 18.6. The van der Waals surface area contributed by atoms with Gasteiger partial charge in [-0.05, 0) is 25.3 Å². The van der Waals surface area contributed by atoms with E-state index in [9.17, 15) is 4.79 Å². The summed E-state index contributed by atoms with van der Waals surface area (Å²) in [5.41, 5.74) is 1.53. The second-order valence-electron chi connectivity index (χ2n) is 7.44. The largest absolute Gasteiger partial charge is 0.462 e. The monoisotopic (exact) mass is 355 g/mol. The van der Waals surface area contributed by atoms with E-state index in [1.807, 2.05) is 24.3 Å². The van der Waals surface area contributed by atoms with Crippen molar-refractivity contribution < 1.29 is 9.53 Å². The van der Waals surface area contributed by atoms with Crippen molar-refractivity contribution in [2.75, 3.05) is 37.6 Å². The number of para-hydroxylation sites is 2. The second-order valence-corrected chi connectivity index (χ2v) is 7.44. The molecule has 2 saturated heterocycles. The van der Waals surface area contributed by atoms with E-state index in [1.165, 1.54) is 0 Å². The van der Waals surface area contributed by atoms with Crippen LogP contribution in [0.2, 0.25) is 0 Å². The van der Waals surface area contributed by atoms with E-state index in [2.05, 4.69) is 28.5 Å². The number of carbonyl (C=O) groups excluding carboxylic acids is 1. The molecule has 0 radical (unpaired) electrons. The fraction of sp³-hybridized carbons (Fsp3) is 0.619. The van der Waals surface area contributed by atoms with Crippen LogP contribution in [0.5, 0.6) is 0 Å². The Morgan fingerprint density at radius 1 is 1.19 bits per heavy atom. The Labute approximate surface area is 156 Å². The first-order chi connectivity index (χ1) is 12.6. The zero-order valence-electron chi connectivity index (χ0n) is 15.9. The third-order valence-electron chi connectivity index (χ3n) is 6.16. The summed E-state index contributed by atoms with van der Waals surface area (Å²) >= 11 is 0. The SMILES string of the molecule is [C-]#[N+]c1ccccc1N1CCN(CCC2CC(CC)(CC)C(=O)O2)CC1. The molecule has 2 aliphatic heterocycles. The number of esters is 1. The van der Waals surface area contributed by atoms with Crippen molar-refractivity contribution in [3.05, 3.63) is 35.7 Å². The molecule has 1 atom stereocenters. The molecule has 140 valence electrons. The van der Waals surface area contributed by atoms with Crippen LogP contribution in [0.3, 0.4) is 0 Å². The molecule has 0 aromatic heterocycles. The molecule has 0 amide bonds. The van der Waals surface area contributed by atoms with Gasteiger partial charge in [0.05, 0.1) is 12.0 Å². The summed E-state index contributed by atoms with van der Waals surface area (Å²) in [5, 5.41) is 0. The average Bonchev–Trinajstić information content (AvgIpc) is 3.02. The molecule has 0 bridgehead atoms. The van der Waals surface area contributed by atoms with E-state index >= 15 is 0 Å². The first kappa shape index (κ1) is 18.7. The fourth-order valence-electron chi connectivity index (χ4n) is 4.19. The van der Waals surface area contributed by atoms with Crippen molar-refractivity contribution >= 4 is 17.3 Å². The molecule has 3 rings (SSSR count). The first-order valence-electron chi connectivity index (χ1n) is 9.76. The van der Waals surface area contributed by atoms with Gasteiger partial charge in [-0.2, -0.15) is 0 Å². The van der Waals surface area contributed by atoms with Crippen molar-refractivity contribution in [1.29, 1.82) is 0 Å². The van der Waals surface area contributed by atoms with E-state index in [0.717, 1.165) is 69.8 Å². The molecule has 1 aromatic rings. The summed E-state index contributed by atoms with van der Waals surface area (Å²) in [7, 11) is 0. The van der Waals surface area contributed by atoms with Crippen molar-refractivity contribution in [3.63, 3.8) is 0 Å². The van der Waals surface area contributed by atoms with Gasteiger partial charge in [-0.1, -0.05) is 32.0 Å². The van der Waals surface area contributed by atoms with Gasteiger partial charge in [-0.25, -0.2) is 4.85 Å². The number of anilines is 1. The number of nitrogens with zero attached hydrogens (tertiary/aromatic N) is 3. The molecule has 2 fully saturated rings. The Bertz CT molecular complexity index is 670. The van der Waals surface area contributed by atoms with Crippen LogP contribution in [0.4, 0.5) is 11.4 Å². The normalized spacial score (nSPS) is 22.9. The highest BCUT2D eigenvalue weighted by molar-refractivity contribution is 5.79. The predicted octanol–water partition coefficient (Wildman–Crippen LogP) is 3.87. The Morgan fingerprint density at radius 3 is 2.50 bits per heavy atom. The van der Waals surface area contributed by atoms with Crippen LogP contribution in [0, 0.1) is 12.0 Å². The number of hydrogen-bond acceptors (Lipinski definition) is 4. The maximum Gasteiger partial charge on any atom is 0.312 e. The van der Waals surface area contributed by atoms with Crippen LogP contribution in [0.1, 0.15) is 39.5 Å². The number of cyclic esters (lactones) is 1. The van der Waals surface area contributed by atoms with Crippen LogP contribution in [-0.2, 0) is 9.53 Å². The summed E-state index contributed by atoms with van der Waals surface area (Å²) in [6.07, 6.45) is 3.61. The molecular weight excluding hydrogens is 326 g/mol. The highest BCUT2D eigenvalue weighted by Crippen LogP contribution is 2.41. The Balaban J connectivity index is 1.48. The molecule has 2 aliphatic rings. The minimum absolute atomic E-state index is 0.00747. The van der Waals surface area contributed by atoms with E-state index in [1.54, 1.807) is 0 Å². The maximum atomic E-state index is 12.2. The lowest BCUT2D eigenvalue weighted by Gasteiger charge is -2.37. The zero-order valence-corrected chi connectivity index (χ0v) is 15.9. The summed E-state index contributed by atoms with van der Waals surface area (Å²) in [4.78, 5) is 20.6. The first-order valence-corrected chi connectivity index (χ1v) is 9.76. The van der Waals surface area contributed by atoms with Crippen molar-refractivity contribution in [2.45, 2.75) is 45.6 Å². The van der Waals surface area contributed by atoms with E-state index in [0.29, 0.717) is 0 Å². The van der Waals surface area contributed by atoms with E-state index < -0.39 is 0 Å². The summed E-state index contributed by atoms with van der Waals surface area (Å²) in [6, 6.07) is 7.84. The Morgan fingerprint density at radius 2 is 1.88 bits per heavy atom. The highest BCUT2D eigenvalue weighted by Gasteiger charge is 2.46. The van der Waals surface area contributed by atoms with Gasteiger partial charge >= 0.3 is 5.97 Å². The molecule has 0 spiro atoms. The van der Waals surface area contributed by atoms with Gasteiger partial charge in [0, 0.05) is 44.8 Å². The van der Waals surface area contributed by atoms with Gasteiger partial charge in [0.2, 0.25) is 5.69 Å². The summed E-state index contributed by atoms with van der Waals surface area (Å²) < 4.78 is 5.66. The molecule has 5 heteroatoms. The van der Waals surface area contributed by atoms with E-state index in [4.69, 9.17) is 11.3 Å². The number of carbonyl (C=O) groups is 1. The third kappa shape index (κ3) is 3.71. The lowest BCUT2D eigenvalue weighted by Crippen LogP contribution is -2.47. The van der Waals surface area contributed by atoms with Crippen LogP contribution < -0.4 is 4.90 Å². The quantitative estimate of drug-likeness (QED) is 0.573. The molecule has 5 nitrogen and oxygen atoms in total. The smallest absolute Gasteiger partial charge is 0.312 e. The van der Waals surface area contributed by atoms with Crippen LogP contribution in [0.15, 0.2) is 24.3 Å². The minimum atomic E-state index is -0.243. The molecule has 1 unspecified atom stereocenters. The summed E-state index contributed by atoms with van der Waals surface area (Å²) in [6.45, 7) is 16.3. The molecule has 0 saturated carbocycles. The third-order valence-corrected chi connectivity index (χ3v) is 6.16. The van der Waals surface area contributed by atoms with Crippen molar-refractivity contribution in [2.24, 2.45) is 5.41 Å². The lowest BCUT2D eigenvalue weighted by atomic mass is 9.79. The van der Waals surface area contributed by atoms with Crippen LogP contribution in [-0.4, -0.2) is 49.7 Å². The molecule has 0 aliphatic carbocycles. The standard InChI is InChI=1S/C21H29N3O2/c1-4-21(5-2)16-17(26-20(21)25)10-11-23-12-14-24(15-13-23)19-9-7-6-8-18(19)22-3/h6-9,17H,4-5,10-16H2,1-2H3. The second kappa shape index (κ2) is 8.09. The fourth-order valence-corrected chi connectivity index (χ4v) is 4.19. The topological polar surface area (TPSA) is 37.1 Å². The average molecular weight is 355 g/mol. The van der Waals surface area contributed by atoms with Crippen LogP contribution >= 0.6 is 0 Å². The van der Waals surface area contributed by atoms with E-state index in [-0.39, 0.29) is 17.5 Å². The number of benzene rings is 1. The number of piperazine rings is 1. The number of hydrogen-bond donors (Lipinski definition) is 0. The van der Waals surface area contributed by atoms with Gasteiger partial charge in [0.1, 0.15) is 6.10 Å². The molecule has 0 N–H and O–H groups in total. The van der Waals surface area contributed by atoms with Gasteiger partial charge in [-0.3, -0.25) is 9.69 Å². The lowest BCUT2D eigenvalue weighted by molar-refractivity contribution is -0.149. The molecule has 1 aromatic carbocycles. The molecule has 2 heterocycles. The summed E-state index contributed by atoms with van der Waals surface area (Å²) in [5.74, 6) is 0.00747. The Kier molecular flexibility index (Phi) is 5.83. The predicted molar refractivity (Wildman–Crippen MR) is 103 cm³/mol. The number of rotatable bonds is 6. The Hall–Kier alpha value is -2.06.